The molecule has 1 aromatic heterocycles. The van der Waals surface area contributed by atoms with Crippen molar-refractivity contribution >= 4 is 29.9 Å². The summed E-state index contributed by atoms with van der Waals surface area (Å²) in [6, 6.07) is 7.32. The number of hydrogen-bond acceptors (Lipinski definition) is 4. The van der Waals surface area contributed by atoms with Gasteiger partial charge in [0.15, 0.2) is 0 Å². The molecule has 7 nitrogen and oxygen atoms in total. The first-order chi connectivity index (χ1) is 12.1. The molecule has 1 saturated heterocycles. The van der Waals surface area contributed by atoms with E-state index < -0.39 is 6.04 Å². The van der Waals surface area contributed by atoms with Gasteiger partial charge in [0.1, 0.15) is 6.04 Å². The van der Waals surface area contributed by atoms with Crippen molar-refractivity contribution in [2.75, 3.05) is 18.5 Å². The number of aryl methyl sites for hydroxylation is 1. The van der Waals surface area contributed by atoms with Gasteiger partial charge in [0.2, 0.25) is 11.8 Å². The fraction of sp³-hybridized carbons (Fsp3) is 0.389. The number of likely N-dealkylation sites (N-methyl/N-ethyl adjacent to an activating group) is 1. The van der Waals surface area contributed by atoms with Crippen LogP contribution < -0.4 is 15.5 Å². The Morgan fingerprint density at radius 3 is 2.58 bits per heavy atom. The number of aromatic nitrogens is 2. The molecule has 1 atom stereocenters. The van der Waals surface area contributed by atoms with Crippen LogP contribution in [0.15, 0.2) is 36.7 Å². The molecule has 2 aromatic rings. The molecule has 140 valence electrons. The summed E-state index contributed by atoms with van der Waals surface area (Å²) in [7, 11) is 3.57. The first-order valence-corrected chi connectivity index (χ1v) is 8.41. The van der Waals surface area contributed by atoms with Crippen LogP contribution in [0.2, 0.25) is 0 Å². The molecule has 3 rings (SSSR count). The van der Waals surface area contributed by atoms with Crippen molar-refractivity contribution < 1.29 is 9.59 Å². The highest BCUT2D eigenvalue weighted by molar-refractivity contribution is 5.95. The number of carbonyl (C=O) groups excluding carboxylic acids is 2. The Morgan fingerprint density at radius 1 is 1.31 bits per heavy atom. The molecule has 0 radical (unpaired) electrons. The van der Waals surface area contributed by atoms with Crippen LogP contribution in [-0.4, -0.2) is 35.2 Å². The molecule has 26 heavy (non-hydrogen) atoms. The third-order valence-electron chi connectivity index (χ3n) is 4.40. The summed E-state index contributed by atoms with van der Waals surface area (Å²) in [5.74, 6) is 0.0729. The lowest BCUT2D eigenvalue weighted by Gasteiger charge is -2.17. The lowest BCUT2D eigenvalue weighted by atomic mass is 10.1. The third kappa shape index (κ3) is 4.42. The molecule has 1 unspecified atom stereocenters. The Hall–Kier alpha value is -2.38. The zero-order valence-electron chi connectivity index (χ0n) is 14.9. The Balaban J connectivity index is 0.00000243. The van der Waals surface area contributed by atoms with E-state index in [0.717, 1.165) is 29.8 Å². The van der Waals surface area contributed by atoms with Gasteiger partial charge in [-0.2, -0.15) is 5.10 Å². The normalized spacial score (nSPS) is 14.8. The highest BCUT2D eigenvalue weighted by Gasteiger charge is 2.22. The van der Waals surface area contributed by atoms with Crippen LogP contribution in [0.4, 0.5) is 5.69 Å². The van der Waals surface area contributed by atoms with Crippen LogP contribution in [-0.2, 0) is 23.2 Å². The van der Waals surface area contributed by atoms with E-state index in [1.807, 2.05) is 42.4 Å². The number of anilines is 1. The molecule has 8 heteroatoms. The fourth-order valence-corrected chi connectivity index (χ4v) is 3.04. The lowest BCUT2D eigenvalue weighted by molar-refractivity contribution is -0.123. The van der Waals surface area contributed by atoms with Gasteiger partial charge < -0.3 is 15.5 Å². The van der Waals surface area contributed by atoms with Crippen molar-refractivity contribution in [1.29, 1.82) is 0 Å². The molecular weight excluding hydrogens is 354 g/mol. The van der Waals surface area contributed by atoms with Gasteiger partial charge in [-0.25, -0.2) is 0 Å². The number of rotatable bonds is 6. The van der Waals surface area contributed by atoms with Gasteiger partial charge in [-0.1, -0.05) is 12.1 Å². The topological polar surface area (TPSA) is 79.3 Å². The number of amides is 2. The molecule has 1 aliphatic heterocycles. The van der Waals surface area contributed by atoms with Crippen LogP contribution in [0.1, 0.15) is 30.0 Å². The molecule has 1 aliphatic rings. The summed E-state index contributed by atoms with van der Waals surface area (Å²) >= 11 is 0. The Kier molecular flexibility index (Phi) is 6.76. The Bertz CT molecular complexity index is 759. The van der Waals surface area contributed by atoms with Crippen LogP contribution in [0.5, 0.6) is 0 Å². The predicted molar refractivity (Wildman–Crippen MR) is 102 cm³/mol. The van der Waals surface area contributed by atoms with Gasteiger partial charge in [0.25, 0.3) is 0 Å². The molecule has 2 heterocycles. The van der Waals surface area contributed by atoms with E-state index in [1.165, 1.54) is 0 Å². The Morgan fingerprint density at radius 2 is 2.04 bits per heavy atom. The number of nitrogens with zero attached hydrogens (tertiary/aromatic N) is 3. The highest BCUT2D eigenvalue weighted by atomic mass is 35.5. The minimum Gasteiger partial charge on any atom is -0.350 e. The molecule has 1 fully saturated rings. The molecule has 2 amide bonds. The summed E-state index contributed by atoms with van der Waals surface area (Å²) < 4.78 is 1.67. The number of benzene rings is 1. The number of halogens is 1. The zero-order valence-corrected chi connectivity index (χ0v) is 15.8. The molecule has 1 aromatic carbocycles. The summed E-state index contributed by atoms with van der Waals surface area (Å²) in [5.41, 5.74) is 2.73. The molecule has 0 spiro atoms. The van der Waals surface area contributed by atoms with E-state index in [0.29, 0.717) is 13.0 Å². The summed E-state index contributed by atoms with van der Waals surface area (Å²) in [4.78, 5) is 26.0. The standard InChI is InChI=1S/C18H23N5O2.ClH/c1-19-17(14-11-21-22(2)12-14)18(25)20-10-13-5-7-15(8-6-13)23-9-3-4-16(23)24;/h5-8,11-12,17,19H,3-4,9-10H2,1-2H3,(H,20,25);1H. The van der Waals surface area contributed by atoms with Gasteiger partial charge >= 0.3 is 0 Å². The highest BCUT2D eigenvalue weighted by Crippen LogP contribution is 2.21. The number of hydrogen-bond donors (Lipinski definition) is 2. The summed E-state index contributed by atoms with van der Waals surface area (Å²) in [5, 5.41) is 10.0. The molecule has 0 bridgehead atoms. The van der Waals surface area contributed by atoms with Crippen molar-refractivity contribution in [2.45, 2.75) is 25.4 Å². The second-order valence-corrected chi connectivity index (χ2v) is 6.20. The van der Waals surface area contributed by atoms with Crippen LogP contribution in [0.3, 0.4) is 0 Å². The molecule has 2 N–H and O–H groups in total. The van der Waals surface area contributed by atoms with Gasteiger partial charge in [0, 0.05) is 44.0 Å². The van der Waals surface area contributed by atoms with Gasteiger partial charge in [-0.05, 0) is 31.2 Å². The Labute approximate surface area is 159 Å². The van der Waals surface area contributed by atoms with Gasteiger partial charge in [-0.15, -0.1) is 12.4 Å². The second kappa shape index (κ2) is 8.82. The maximum Gasteiger partial charge on any atom is 0.242 e. The average molecular weight is 378 g/mol. The van der Waals surface area contributed by atoms with Crippen LogP contribution in [0, 0.1) is 0 Å². The average Bonchev–Trinajstić information content (AvgIpc) is 3.23. The SMILES string of the molecule is CNC(C(=O)NCc1ccc(N2CCCC2=O)cc1)c1cnn(C)c1.Cl. The maximum atomic E-state index is 12.4. The van der Waals surface area contributed by atoms with E-state index >= 15 is 0 Å². The monoisotopic (exact) mass is 377 g/mol. The van der Waals surface area contributed by atoms with Gasteiger partial charge in [-0.3, -0.25) is 14.3 Å². The van der Waals surface area contributed by atoms with Crippen LogP contribution >= 0.6 is 12.4 Å². The van der Waals surface area contributed by atoms with Crippen molar-refractivity contribution in [1.82, 2.24) is 20.4 Å². The van der Waals surface area contributed by atoms with Crippen molar-refractivity contribution in [3.05, 3.63) is 47.8 Å². The van der Waals surface area contributed by atoms with E-state index in [9.17, 15) is 9.59 Å². The first kappa shape index (κ1) is 19.9. The quantitative estimate of drug-likeness (QED) is 0.800. The molecule has 0 saturated carbocycles. The first-order valence-electron chi connectivity index (χ1n) is 8.41. The maximum absolute atomic E-state index is 12.4. The summed E-state index contributed by atoms with van der Waals surface area (Å²) in [6.45, 7) is 1.22. The zero-order chi connectivity index (χ0) is 17.8. The minimum absolute atomic E-state index is 0. The van der Waals surface area contributed by atoms with Gasteiger partial charge in [0.05, 0.1) is 6.20 Å². The lowest BCUT2D eigenvalue weighted by Crippen LogP contribution is -2.35. The minimum atomic E-state index is -0.435. The third-order valence-corrected chi connectivity index (χ3v) is 4.40. The van der Waals surface area contributed by atoms with E-state index in [2.05, 4.69) is 15.7 Å². The molecule has 0 aliphatic carbocycles. The predicted octanol–water partition coefficient (Wildman–Crippen LogP) is 1.55. The second-order valence-electron chi connectivity index (χ2n) is 6.20. The van der Waals surface area contributed by atoms with Crippen LogP contribution in [0.25, 0.3) is 0 Å². The van der Waals surface area contributed by atoms with E-state index in [4.69, 9.17) is 0 Å². The number of carbonyl (C=O) groups is 2. The van der Waals surface area contributed by atoms with E-state index in [-0.39, 0.29) is 24.2 Å². The van der Waals surface area contributed by atoms with Crippen molar-refractivity contribution in [3.63, 3.8) is 0 Å². The number of nitrogens with one attached hydrogen (secondary N) is 2. The van der Waals surface area contributed by atoms with Crippen molar-refractivity contribution in [2.24, 2.45) is 7.05 Å². The largest absolute Gasteiger partial charge is 0.350 e. The molecular formula is C18H24ClN5O2. The fourth-order valence-electron chi connectivity index (χ4n) is 3.04. The summed E-state index contributed by atoms with van der Waals surface area (Å²) in [6.07, 6.45) is 5.04. The van der Waals surface area contributed by atoms with Crippen molar-refractivity contribution in [3.8, 4) is 0 Å². The van der Waals surface area contributed by atoms with E-state index in [1.54, 1.807) is 17.9 Å². The smallest absolute Gasteiger partial charge is 0.242 e.